The van der Waals surface area contributed by atoms with Gasteiger partial charge in [0.1, 0.15) is 6.61 Å². The second kappa shape index (κ2) is 9.82. The summed E-state index contributed by atoms with van der Waals surface area (Å²) in [6.07, 6.45) is 1.37. The number of nitrogens with zero attached hydrogens (tertiary/aromatic N) is 2. The Bertz CT molecular complexity index is 1140. The van der Waals surface area contributed by atoms with Gasteiger partial charge in [-0.05, 0) is 55.2 Å². The molecular formula is C23H25BrN2O6S. The number of amides is 1. The molecule has 1 amide bonds. The van der Waals surface area contributed by atoms with Crippen molar-refractivity contribution in [2.75, 3.05) is 25.1 Å². The quantitative estimate of drug-likeness (QED) is 0.520. The fourth-order valence-corrected chi connectivity index (χ4v) is 6.10. The van der Waals surface area contributed by atoms with Gasteiger partial charge in [-0.2, -0.15) is 4.31 Å². The van der Waals surface area contributed by atoms with Gasteiger partial charge in [0.2, 0.25) is 10.0 Å². The summed E-state index contributed by atoms with van der Waals surface area (Å²) in [5, 5.41) is 0. The van der Waals surface area contributed by atoms with E-state index in [2.05, 4.69) is 20.7 Å². The largest absolute Gasteiger partial charge is 0.469 e. The van der Waals surface area contributed by atoms with Crippen molar-refractivity contribution in [3.63, 3.8) is 0 Å². The maximum atomic E-state index is 13.1. The van der Waals surface area contributed by atoms with Crippen molar-refractivity contribution < 1.29 is 27.5 Å². The fraction of sp³-hybridized carbons (Fsp3) is 0.391. The molecule has 4 rings (SSSR count). The van der Waals surface area contributed by atoms with Crippen LogP contribution in [0.4, 0.5) is 10.5 Å². The van der Waals surface area contributed by atoms with E-state index in [0.29, 0.717) is 32.4 Å². The van der Waals surface area contributed by atoms with E-state index in [4.69, 9.17) is 4.74 Å². The Hall–Kier alpha value is -2.43. The zero-order valence-corrected chi connectivity index (χ0v) is 20.6. The van der Waals surface area contributed by atoms with Gasteiger partial charge >= 0.3 is 12.1 Å². The number of anilines is 1. The van der Waals surface area contributed by atoms with E-state index in [0.717, 1.165) is 21.3 Å². The third kappa shape index (κ3) is 5.07. The number of hydrogen-bond acceptors (Lipinski definition) is 6. The van der Waals surface area contributed by atoms with Crippen LogP contribution in [0.5, 0.6) is 0 Å². The molecule has 0 saturated carbocycles. The molecule has 33 heavy (non-hydrogen) atoms. The standard InChI is InChI=1S/C23H25BrN2O6S/c1-31-22(27)9-4-16-2-6-20(7-3-16)33(29,30)25-12-10-19(11-13-25)26-21-8-5-18(24)14-17(21)15-32-23(26)28/h2-3,5-8,14,19H,4,9-13,15H2,1H3. The third-order valence-corrected chi connectivity index (χ3v) is 8.45. The van der Waals surface area contributed by atoms with Crippen LogP contribution >= 0.6 is 15.9 Å². The van der Waals surface area contributed by atoms with Gasteiger partial charge in [0.15, 0.2) is 0 Å². The van der Waals surface area contributed by atoms with Crippen molar-refractivity contribution in [3.8, 4) is 0 Å². The molecule has 10 heteroatoms. The zero-order valence-electron chi connectivity index (χ0n) is 18.2. The van der Waals surface area contributed by atoms with Crippen molar-refractivity contribution in [1.82, 2.24) is 4.31 Å². The van der Waals surface area contributed by atoms with Gasteiger partial charge in [-0.15, -0.1) is 0 Å². The number of rotatable bonds is 6. The van der Waals surface area contributed by atoms with Crippen molar-refractivity contribution in [1.29, 1.82) is 0 Å². The summed E-state index contributed by atoms with van der Waals surface area (Å²) >= 11 is 3.44. The van der Waals surface area contributed by atoms with Gasteiger partial charge in [-0.25, -0.2) is 13.2 Å². The summed E-state index contributed by atoms with van der Waals surface area (Å²) in [5.41, 5.74) is 2.61. The maximum Gasteiger partial charge on any atom is 0.414 e. The number of cyclic esters (lactones) is 1. The number of ether oxygens (including phenoxy) is 2. The highest BCUT2D eigenvalue weighted by molar-refractivity contribution is 9.10. The summed E-state index contributed by atoms with van der Waals surface area (Å²) in [6, 6.07) is 12.2. The number of methoxy groups -OCH3 is 1. The zero-order chi connectivity index (χ0) is 23.6. The highest BCUT2D eigenvalue weighted by atomic mass is 79.9. The first-order chi connectivity index (χ1) is 15.8. The Morgan fingerprint density at radius 1 is 1.15 bits per heavy atom. The Labute approximate surface area is 201 Å². The van der Waals surface area contributed by atoms with Crippen LogP contribution in [0.1, 0.15) is 30.4 Å². The molecule has 2 aliphatic rings. The van der Waals surface area contributed by atoms with Crippen molar-refractivity contribution in [3.05, 3.63) is 58.1 Å². The van der Waals surface area contributed by atoms with Gasteiger partial charge in [0, 0.05) is 35.6 Å². The first kappa shape index (κ1) is 23.7. The van der Waals surface area contributed by atoms with Crippen molar-refractivity contribution >= 4 is 43.7 Å². The molecule has 0 radical (unpaired) electrons. The number of fused-ring (bicyclic) bond motifs is 1. The average Bonchev–Trinajstić information content (AvgIpc) is 2.83. The van der Waals surface area contributed by atoms with Crippen LogP contribution in [0.15, 0.2) is 51.8 Å². The predicted molar refractivity (Wildman–Crippen MR) is 125 cm³/mol. The number of benzene rings is 2. The SMILES string of the molecule is COC(=O)CCc1ccc(S(=O)(=O)N2CCC(N3C(=O)OCc4cc(Br)ccc43)CC2)cc1. The Kier molecular flexibility index (Phi) is 7.06. The topological polar surface area (TPSA) is 93.2 Å². The molecule has 8 nitrogen and oxygen atoms in total. The minimum absolute atomic E-state index is 0.134. The van der Waals surface area contributed by atoms with Crippen molar-refractivity contribution in [2.45, 2.75) is 43.2 Å². The number of carbonyl (C=O) groups is 2. The lowest BCUT2D eigenvalue weighted by atomic mass is 10.0. The van der Waals surface area contributed by atoms with Crippen LogP contribution in [0.25, 0.3) is 0 Å². The molecule has 0 aromatic heterocycles. The van der Waals surface area contributed by atoms with Gasteiger partial charge < -0.3 is 9.47 Å². The maximum absolute atomic E-state index is 13.1. The summed E-state index contributed by atoms with van der Waals surface area (Å²) in [5.74, 6) is -0.303. The molecule has 2 aromatic carbocycles. The number of halogens is 1. The van der Waals surface area contributed by atoms with E-state index >= 15 is 0 Å². The Morgan fingerprint density at radius 2 is 1.85 bits per heavy atom. The van der Waals surface area contributed by atoms with Crippen LogP contribution in [-0.4, -0.2) is 51.0 Å². The van der Waals surface area contributed by atoms with Crippen molar-refractivity contribution in [2.24, 2.45) is 0 Å². The van der Waals surface area contributed by atoms with Crippen LogP contribution < -0.4 is 4.90 Å². The molecule has 1 saturated heterocycles. The number of esters is 1. The van der Waals surface area contributed by atoms with E-state index in [1.807, 2.05) is 18.2 Å². The number of sulfonamides is 1. The van der Waals surface area contributed by atoms with Gasteiger partial charge in [0.05, 0.1) is 17.7 Å². The second-order valence-corrected chi connectivity index (χ2v) is 10.9. The first-order valence-electron chi connectivity index (χ1n) is 10.7. The molecule has 176 valence electrons. The molecule has 2 aliphatic heterocycles. The number of carbonyl (C=O) groups excluding carboxylic acids is 2. The highest BCUT2D eigenvalue weighted by Gasteiger charge is 2.37. The summed E-state index contributed by atoms with van der Waals surface area (Å²) in [4.78, 5) is 25.7. The normalized spacial score (nSPS) is 17.4. The molecule has 0 unspecified atom stereocenters. The van der Waals surface area contributed by atoms with Crippen LogP contribution in [0, 0.1) is 0 Å². The molecule has 0 N–H and O–H groups in total. The van der Waals surface area contributed by atoms with E-state index < -0.39 is 16.1 Å². The Morgan fingerprint density at radius 3 is 2.52 bits per heavy atom. The van der Waals surface area contributed by atoms with Crippen LogP contribution in [0.2, 0.25) is 0 Å². The van der Waals surface area contributed by atoms with E-state index in [-0.39, 0.29) is 29.9 Å². The summed E-state index contributed by atoms with van der Waals surface area (Å²) < 4.78 is 38.6. The van der Waals surface area contributed by atoms with Crippen LogP contribution in [0.3, 0.4) is 0 Å². The molecule has 0 spiro atoms. The molecular weight excluding hydrogens is 512 g/mol. The molecule has 0 aliphatic carbocycles. The fourth-order valence-electron chi connectivity index (χ4n) is 4.22. The first-order valence-corrected chi connectivity index (χ1v) is 12.9. The van der Waals surface area contributed by atoms with Gasteiger partial charge in [-0.3, -0.25) is 9.69 Å². The third-order valence-electron chi connectivity index (χ3n) is 6.04. The molecule has 0 atom stereocenters. The van der Waals surface area contributed by atoms with E-state index in [1.54, 1.807) is 29.2 Å². The Balaban J connectivity index is 1.42. The monoisotopic (exact) mass is 536 g/mol. The highest BCUT2D eigenvalue weighted by Crippen LogP contribution is 2.34. The van der Waals surface area contributed by atoms with E-state index in [1.165, 1.54) is 11.4 Å². The van der Waals surface area contributed by atoms with Gasteiger partial charge in [-0.1, -0.05) is 28.1 Å². The lowest BCUT2D eigenvalue weighted by Gasteiger charge is -2.39. The summed E-state index contributed by atoms with van der Waals surface area (Å²) in [7, 11) is -2.31. The van der Waals surface area contributed by atoms with Crippen LogP contribution in [-0.2, 0) is 37.3 Å². The predicted octanol–water partition coefficient (Wildman–Crippen LogP) is 3.86. The number of piperidine rings is 1. The molecule has 0 bridgehead atoms. The smallest absolute Gasteiger partial charge is 0.414 e. The van der Waals surface area contributed by atoms with E-state index in [9.17, 15) is 18.0 Å². The molecule has 1 fully saturated rings. The number of hydrogen-bond donors (Lipinski definition) is 0. The minimum Gasteiger partial charge on any atom is -0.469 e. The van der Waals surface area contributed by atoms with Gasteiger partial charge in [0.25, 0.3) is 0 Å². The summed E-state index contributed by atoms with van der Waals surface area (Å²) in [6.45, 7) is 0.854. The minimum atomic E-state index is -3.65. The lowest BCUT2D eigenvalue weighted by Crippen LogP contribution is -2.50. The lowest BCUT2D eigenvalue weighted by molar-refractivity contribution is -0.140. The number of aryl methyl sites for hydroxylation is 1. The average molecular weight is 537 g/mol. The molecule has 2 heterocycles. The second-order valence-electron chi connectivity index (χ2n) is 8.05. The molecule has 2 aromatic rings.